The van der Waals surface area contributed by atoms with Gasteiger partial charge in [-0.1, -0.05) is 41.1 Å². The van der Waals surface area contributed by atoms with Crippen LogP contribution in [0.1, 0.15) is 30.5 Å². The van der Waals surface area contributed by atoms with Gasteiger partial charge in [-0.15, -0.1) is 0 Å². The summed E-state index contributed by atoms with van der Waals surface area (Å²) in [7, 11) is 3.19. The number of benzene rings is 2. The Bertz CT molecular complexity index is 719. The van der Waals surface area contributed by atoms with Gasteiger partial charge < -0.3 is 20.1 Å². The molecule has 0 saturated heterocycles. The lowest BCUT2D eigenvalue weighted by Crippen LogP contribution is -2.35. The van der Waals surface area contributed by atoms with Crippen LogP contribution in [0.4, 0.5) is 0 Å². The molecule has 2 aromatic carbocycles. The molecule has 140 valence electrons. The highest BCUT2D eigenvalue weighted by Gasteiger charge is 2.11. The van der Waals surface area contributed by atoms with Crippen LogP contribution >= 0.6 is 15.9 Å². The number of carbonyl (C=O) groups is 1. The van der Waals surface area contributed by atoms with Gasteiger partial charge in [-0.25, -0.2) is 0 Å². The smallest absolute Gasteiger partial charge is 0.234 e. The molecule has 0 bridgehead atoms. The second-order valence-corrected chi connectivity index (χ2v) is 6.78. The zero-order chi connectivity index (χ0) is 18.9. The summed E-state index contributed by atoms with van der Waals surface area (Å²) in [5.74, 6) is 1.28. The fourth-order valence-corrected chi connectivity index (χ4v) is 2.93. The van der Waals surface area contributed by atoms with E-state index in [-0.39, 0.29) is 18.5 Å². The zero-order valence-corrected chi connectivity index (χ0v) is 16.9. The number of carbonyl (C=O) groups excluding carboxylic acids is 1. The number of hydrogen-bond acceptors (Lipinski definition) is 4. The maximum Gasteiger partial charge on any atom is 0.234 e. The van der Waals surface area contributed by atoms with Crippen LogP contribution in [0.2, 0.25) is 0 Å². The van der Waals surface area contributed by atoms with Crippen LogP contribution in [-0.2, 0) is 11.3 Å². The summed E-state index contributed by atoms with van der Waals surface area (Å²) in [6, 6.07) is 13.9. The lowest BCUT2D eigenvalue weighted by Gasteiger charge is -2.17. The van der Waals surface area contributed by atoms with E-state index >= 15 is 0 Å². The van der Waals surface area contributed by atoms with Crippen molar-refractivity contribution in [3.8, 4) is 11.5 Å². The highest BCUT2D eigenvalue weighted by molar-refractivity contribution is 9.10. The first kappa shape index (κ1) is 20.3. The van der Waals surface area contributed by atoms with Gasteiger partial charge in [0.25, 0.3) is 0 Å². The van der Waals surface area contributed by atoms with Gasteiger partial charge in [0.1, 0.15) is 0 Å². The van der Waals surface area contributed by atoms with E-state index in [1.54, 1.807) is 14.2 Å². The summed E-state index contributed by atoms with van der Waals surface area (Å²) < 4.78 is 11.5. The first-order chi connectivity index (χ1) is 12.6. The van der Waals surface area contributed by atoms with Gasteiger partial charge in [0.05, 0.1) is 20.8 Å². The number of nitrogens with one attached hydrogen (secondary N) is 2. The lowest BCUT2D eigenvalue weighted by atomic mass is 10.0. The standard InChI is InChI=1S/C20H25BrN2O3/c1-4-17(15-6-8-16(21)9-7-15)22-13-20(24)23-12-14-5-10-18(25-2)19(11-14)26-3/h5-11,17,22H,4,12-13H2,1-3H3,(H,23,24)/t17-/m0/s1. The van der Waals surface area contributed by atoms with Crippen molar-refractivity contribution in [1.82, 2.24) is 10.6 Å². The molecule has 1 amide bonds. The summed E-state index contributed by atoms with van der Waals surface area (Å²) in [4.78, 5) is 12.2. The van der Waals surface area contributed by atoms with Crippen LogP contribution in [0.25, 0.3) is 0 Å². The van der Waals surface area contributed by atoms with Crippen LogP contribution in [0.3, 0.4) is 0 Å². The second kappa shape index (κ2) is 10.2. The minimum atomic E-state index is -0.0460. The van der Waals surface area contributed by atoms with Crippen LogP contribution in [0, 0.1) is 0 Å². The number of methoxy groups -OCH3 is 2. The van der Waals surface area contributed by atoms with E-state index in [4.69, 9.17) is 9.47 Å². The molecule has 6 heteroatoms. The molecule has 0 spiro atoms. The van der Waals surface area contributed by atoms with Gasteiger partial charge in [-0.2, -0.15) is 0 Å². The largest absolute Gasteiger partial charge is 0.493 e. The van der Waals surface area contributed by atoms with E-state index in [0.717, 1.165) is 16.5 Å². The average molecular weight is 421 g/mol. The first-order valence-electron chi connectivity index (χ1n) is 8.53. The molecule has 0 aliphatic heterocycles. The van der Waals surface area contributed by atoms with Crippen molar-refractivity contribution in [2.45, 2.75) is 25.9 Å². The molecular formula is C20H25BrN2O3. The molecule has 2 N–H and O–H groups in total. The van der Waals surface area contributed by atoms with Crippen molar-refractivity contribution in [1.29, 1.82) is 0 Å². The van der Waals surface area contributed by atoms with Gasteiger partial charge >= 0.3 is 0 Å². The molecule has 26 heavy (non-hydrogen) atoms. The molecule has 1 atom stereocenters. The number of hydrogen-bond donors (Lipinski definition) is 2. The molecule has 0 aliphatic rings. The van der Waals surface area contributed by atoms with Crippen molar-refractivity contribution in [2.24, 2.45) is 0 Å². The fraction of sp³-hybridized carbons (Fsp3) is 0.350. The molecule has 0 saturated carbocycles. The highest BCUT2D eigenvalue weighted by atomic mass is 79.9. The van der Waals surface area contributed by atoms with Gasteiger partial charge in [-0.3, -0.25) is 4.79 Å². The summed E-state index contributed by atoms with van der Waals surface area (Å²) in [6.45, 7) is 2.80. The summed E-state index contributed by atoms with van der Waals surface area (Å²) in [5, 5.41) is 6.23. The van der Waals surface area contributed by atoms with Crippen molar-refractivity contribution in [2.75, 3.05) is 20.8 Å². The van der Waals surface area contributed by atoms with Crippen molar-refractivity contribution >= 4 is 21.8 Å². The third-order valence-electron chi connectivity index (χ3n) is 4.13. The Morgan fingerprint density at radius 3 is 2.38 bits per heavy atom. The molecular weight excluding hydrogens is 396 g/mol. The minimum Gasteiger partial charge on any atom is -0.493 e. The van der Waals surface area contributed by atoms with Crippen LogP contribution in [0.15, 0.2) is 46.9 Å². The number of halogens is 1. The Morgan fingerprint density at radius 1 is 1.08 bits per heavy atom. The molecule has 0 aromatic heterocycles. The summed E-state index contributed by atoms with van der Waals surface area (Å²) >= 11 is 3.44. The van der Waals surface area contributed by atoms with E-state index in [1.807, 2.05) is 30.3 Å². The Labute approximate surface area is 163 Å². The van der Waals surface area contributed by atoms with E-state index in [0.29, 0.717) is 18.0 Å². The summed E-state index contributed by atoms with van der Waals surface area (Å²) in [6.07, 6.45) is 0.907. The Balaban J connectivity index is 1.85. The second-order valence-electron chi connectivity index (χ2n) is 5.86. The third kappa shape index (κ3) is 5.75. The third-order valence-corrected chi connectivity index (χ3v) is 4.66. The van der Waals surface area contributed by atoms with Crippen LogP contribution < -0.4 is 20.1 Å². The number of amides is 1. The Hall–Kier alpha value is -2.05. The van der Waals surface area contributed by atoms with Crippen molar-refractivity contribution in [3.05, 3.63) is 58.1 Å². The molecule has 0 aliphatic carbocycles. The molecule has 0 fully saturated rings. The monoisotopic (exact) mass is 420 g/mol. The van der Waals surface area contributed by atoms with Crippen LogP contribution in [0.5, 0.6) is 11.5 Å². The first-order valence-corrected chi connectivity index (χ1v) is 9.33. The molecule has 0 unspecified atom stereocenters. The Kier molecular flexibility index (Phi) is 7.94. The molecule has 5 nitrogen and oxygen atoms in total. The SMILES string of the molecule is CC[C@H](NCC(=O)NCc1ccc(OC)c(OC)c1)c1ccc(Br)cc1. The molecule has 0 heterocycles. The lowest BCUT2D eigenvalue weighted by molar-refractivity contribution is -0.120. The minimum absolute atomic E-state index is 0.0460. The summed E-state index contributed by atoms with van der Waals surface area (Å²) in [5.41, 5.74) is 2.12. The Morgan fingerprint density at radius 2 is 1.77 bits per heavy atom. The normalized spacial score (nSPS) is 11.7. The fourth-order valence-electron chi connectivity index (χ4n) is 2.66. The number of ether oxygens (including phenoxy) is 2. The maximum atomic E-state index is 12.2. The molecule has 0 radical (unpaired) electrons. The van der Waals surface area contributed by atoms with Gasteiger partial charge in [0.15, 0.2) is 11.5 Å². The van der Waals surface area contributed by atoms with E-state index < -0.39 is 0 Å². The highest BCUT2D eigenvalue weighted by Crippen LogP contribution is 2.27. The van der Waals surface area contributed by atoms with E-state index in [1.165, 1.54) is 5.56 Å². The van der Waals surface area contributed by atoms with E-state index in [9.17, 15) is 4.79 Å². The topological polar surface area (TPSA) is 59.6 Å². The zero-order valence-electron chi connectivity index (χ0n) is 15.3. The van der Waals surface area contributed by atoms with E-state index in [2.05, 4.69) is 45.6 Å². The van der Waals surface area contributed by atoms with Gasteiger partial charge in [0, 0.05) is 17.1 Å². The maximum absolute atomic E-state index is 12.2. The van der Waals surface area contributed by atoms with Gasteiger partial charge in [-0.05, 0) is 41.8 Å². The average Bonchev–Trinajstić information content (AvgIpc) is 2.67. The predicted octanol–water partition coefficient (Wildman–Crippen LogP) is 3.82. The molecule has 2 rings (SSSR count). The number of rotatable bonds is 9. The predicted molar refractivity (Wildman–Crippen MR) is 107 cm³/mol. The quantitative estimate of drug-likeness (QED) is 0.647. The van der Waals surface area contributed by atoms with Crippen molar-refractivity contribution in [3.63, 3.8) is 0 Å². The van der Waals surface area contributed by atoms with Crippen molar-refractivity contribution < 1.29 is 14.3 Å². The van der Waals surface area contributed by atoms with Crippen LogP contribution in [-0.4, -0.2) is 26.7 Å². The molecule has 2 aromatic rings. The van der Waals surface area contributed by atoms with Gasteiger partial charge in [0.2, 0.25) is 5.91 Å².